The maximum atomic E-state index is 13.2. The summed E-state index contributed by atoms with van der Waals surface area (Å²) in [5.74, 6) is 0.295. The van der Waals surface area contributed by atoms with Gasteiger partial charge in [-0.3, -0.25) is 9.59 Å². The molecule has 2 amide bonds. The number of guanidine groups is 1. The molecule has 1 saturated carbocycles. The van der Waals surface area contributed by atoms with Crippen molar-refractivity contribution in [1.82, 2.24) is 15.5 Å². The van der Waals surface area contributed by atoms with Crippen molar-refractivity contribution in [2.24, 2.45) is 10.9 Å². The Hall–Kier alpha value is -1.91. The molecule has 3 N–H and O–H groups in total. The van der Waals surface area contributed by atoms with Crippen LogP contribution in [0.15, 0.2) is 29.3 Å². The van der Waals surface area contributed by atoms with Crippen molar-refractivity contribution in [3.05, 3.63) is 30.1 Å². The summed E-state index contributed by atoms with van der Waals surface area (Å²) in [6, 6.07) is 5.87. The Kier molecular flexibility index (Phi) is 10.5. The third kappa shape index (κ3) is 7.93. The number of amides is 2. The number of nitrogens with one attached hydrogen (secondary N) is 3. The zero-order chi connectivity index (χ0) is 21.3. The van der Waals surface area contributed by atoms with Gasteiger partial charge in [0, 0.05) is 37.3 Å². The highest BCUT2D eigenvalue weighted by molar-refractivity contribution is 14.0. The van der Waals surface area contributed by atoms with E-state index in [0.29, 0.717) is 24.7 Å². The number of nitrogens with zero attached hydrogens (tertiary/aromatic N) is 2. The highest BCUT2D eigenvalue weighted by atomic mass is 127. The van der Waals surface area contributed by atoms with Crippen molar-refractivity contribution in [2.45, 2.75) is 51.5 Å². The van der Waals surface area contributed by atoms with Crippen LogP contribution in [0, 0.1) is 11.7 Å². The average molecular weight is 545 g/mol. The molecule has 7 nitrogen and oxygen atoms in total. The lowest BCUT2D eigenvalue weighted by Crippen LogP contribution is -2.46. The van der Waals surface area contributed by atoms with E-state index < -0.39 is 5.82 Å². The molecule has 1 aliphatic carbocycles. The van der Waals surface area contributed by atoms with Crippen LogP contribution >= 0.6 is 24.0 Å². The van der Waals surface area contributed by atoms with Gasteiger partial charge >= 0.3 is 0 Å². The molecular formula is C22H33FIN5O2. The molecule has 2 aliphatic rings. The molecule has 1 unspecified atom stereocenters. The van der Waals surface area contributed by atoms with E-state index in [1.807, 2.05) is 11.8 Å². The largest absolute Gasteiger partial charge is 0.357 e. The highest BCUT2D eigenvalue weighted by Gasteiger charge is 2.31. The lowest BCUT2D eigenvalue weighted by Gasteiger charge is -2.26. The first-order chi connectivity index (χ1) is 14.5. The summed E-state index contributed by atoms with van der Waals surface area (Å²) in [4.78, 5) is 31.2. The SMILES string of the molecule is CCNC(=NCC(=O)Nc1cccc(F)c1)NC1CCN(C(=O)C2CCCCC2)C1.I. The first kappa shape index (κ1) is 25.4. The van der Waals surface area contributed by atoms with Crippen molar-refractivity contribution in [2.75, 3.05) is 31.5 Å². The molecule has 1 aliphatic heterocycles. The second kappa shape index (κ2) is 12.8. The Morgan fingerprint density at radius 2 is 1.97 bits per heavy atom. The summed E-state index contributed by atoms with van der Waals surface area (Å²) in [5, 5.41) is 9.12. The minimum absolute atomic E-state index is 0. The number of likely N-dealkylation sites (tertiary alicyclic amines) is 1. The predicted octanol–water partition coefficient (Wildman–Crippen LogP) is 3.12. The van der Waals surface area contributed by atoms with E-state index >= 15 is 0 Å². The van der Waals surface area contributed by atoms with Crippen LogP contribution in [0.5, 0.6) is 0 Å². The molecule has 1 saturated heterocycles. The smallest absolute Gasteiger partial charge is 0.246 e. The lowest BCUT2D eigenvalue weighted by atomic mass is 9.88. The van der Waals surface area contributed by atoms with Crippen LogP contribution in [0.4, 0.5) is 10.1 Å². The van der Waals surface area contributed by atoms with E-state index in [0.717, 1.165) is 38.6 Å². The van der Waals surface area contributed by atoms with Crippen molar-refractivity contribution in [1.29, 1.82) is 0 Å². The third-order valence-electron chi connectivity index (χ3n) is 5.63. The number of halogens is 2. The topological polar surface area (TPSA) is 85.8 Å². The molecule has 0 bridgehead atoms. The highest BCUT2D eigenvalue weighted by Crippen LogP contribution is 2.26. The lowest BCUT2D eigenvalue weighted by molar-refractivity contribution is -0.135. The maximum absolute atomic E-state index is 13.2. The van der Waals surface area contributed by atoms with Crippen LogP contribution in [0.2, 0.25) is 0 Å². The molecule has 9 heteroatoms. The number of anilines is 1. The summed E-state index contributed by atoms with van der Waals surface area (Å²) < 4.78 is 13.2. The molecule has 172 valence electrons. The summed E-state index contributed by atoms with van der Waals surface area (Å²) in [6.45, 7) is 3.96. The minimum atomic E-state index is -0.403. The molecule has 1 aromatic carbocycles. The molecule has 1 heterocycles. The second-order valence-electron chi connectivity index (χ2n) is 8.00. The van der Waals surface area contributed by atoms with Gasteiger partial charge in [0.05, 0.1) is 0 Å². The zero-order valence-electron chi connectivity index (χ0n) is 18.0. The fourth-order valence-electron chi connectivity index (χ4n) is 4.12. The molecule has 2 fully saturated rings. The van der Waals surface area contributed by atoms with Crippen LogP contribution in [0.25, 0.3) is 0 Å². The number of carbonyl (C=O) groups excluding carboxylic acids is 2. The fourth-order valence-corrected chi connectivity index (χ4v) is 4.12. The monoisotopic (exact) mass is 545 g/mol. The zero-order valence-corrected chi connectivity index (χ0v) is 20.4. The molecule has 3 rings (SSSR count). The van der Waals surface area contributed by atoms with Gasteiger partial charge in [-0.15, -0.1) is 24.0 Å². The maximum Gasteiger partial charge on any atom is 0.246 e. The van der Waals surface area contributed by atoms with Gasteiger partial charge in [-0.05, 0) is 44.4 Å². The van der Waals surface area contributed by atoms with Crippen molar-refractivity contribution < 1.29 is 14.0 Å². The van der Waals surface area contributed by atoms with Crippen LogP contribution < -0.4 is 16.0 Å². The Morgan fingerprint density at radius 1 is 1.19 bits per heavy atom. The predicted molar refractivity (Wildman–Crippen MR) is 131 cm³/mol. The second-order valence-corrected chi connectivity index (χ2v) is 8.00. The van der Waals surface area contributed by atoms with E-state index in [4.69, 9.17) is 0 Å². The van der Waals surface area contributed by atoms with Gasteiger partial charge in [0.25, 0.3) is 0 Å². The van der Waals surface area contributed by atoms with Gasteiger partial charge in [-0.2, -0.15) is 0 Å². The molecular weight excluding hydrogens is 512 g/mol. The van der Waals surface area contributed by atoms with E-state index in [2.05, 4.69) is 20.9 Å². The molecule has 1 aromatic rings. The summed E-state index contributed by atoms with van der Waals surface area (Å²) >= 11 is 0. The number of hydrogen-bond donors (Lipinski definition) is 3. The molecule has 0 spiro atoms. The van der Waals surface area contributed by atoms with E-state index in [1.54, 1.807) is 12.1 Å². The van der Waals surface area contributed by atoms with E-state index in [-0.39, 0.29) is 54.3 Å². The van der Waals surface area contributed by atoms with Crippen molar-refractivity contribution in [3.63, 3.8) is 0 Å². The Bertz CT molecular complexity index is 770. The van der Waals surface area contributed by atoms with Crippen LogP contribution in [-0.4, -0.2) is 54.9 Å². The third-order valence-corrected chi connectivity index (χ3v) is 5.63. The summed E-state index contributed by atoms with van der Waals surface area (Å²) in [5.41, 5.74) is 0.404. The standard InChI is InChI=1S/C22H32FN5O2.HI/c1-2-24-22(25-14-20(29)26-18-10-6-9-17(23)13-18)27-19-11-12-28(15-19)21(30)16-7-4-3-5-8-16;/h6,9-10,13,16,19H,2-5,7-8,11-12,14-15H2,1H3,(H,26,29)(H2,24,25,27);1H. The van der Waals surface area contributed by atoms with E-state index in [1.165, 1.54) is 18.6 Å². The first-order valence-electron chi connectivity index (χ1n) is 10.9. The average Bonchev–Trinajstić information content (AvgIpc) is 3.21. The Labute approximate surface area is 200 Å². The van der Waals surface area contributed by atoms with E-state index in [9.17, 15) is 14.0 Å². The molecule has 1 atom stereocenters. The van der Waals surface area contributed by atoms with Crippen LogP contribution in [0.3, 0.4) is 0 Å². The first-order valence-corrected chi connectivity index (χ1v) is 10.9. The number of aliphatic imine (C=N–C) groups is 1. The number of benzene rings is 1. The summed E-state index contributed by atoms with van der Waals surface area (Å²) in [6.07, 6.45) is 6.43. The Balaban J connectivity index is 0.00000341. The molecule has 0 radical (unpaired) electrons. The van der Waals surface area contributed by atoms with Gasteiger partial charge < -0.3 is 20.9 Å². The van der Waals surface area contributed by atoms with Gasteiger partial charge in [0.1, 0.15) is 12.4 Å². The van der Waals surface area contributed by atoms with Gasteiger partial charge in [0.2, 0.25) is 11.8 Å². The fraction of sp³-hybridized carbons (Fsp3) is 0.591. The minimum Gasteiger partial charge on any atom is -0.357 e. The normalized spacial score (nSPS) is 19.5. The Morgan fingerprint density at radius 3 is 2.68 bits per heavy atom. The van der Waals surface area contributed by atoms with Crippen LogP contribution in [-0.2, 0) is 9.59 Å². The quantitative estimate of drug-likeness (QED) is 0.292. The number of rotatable bonds is 6. The number of carbonyl (C=O) groups is 2. The summed E-state index contributed by atoms with van der Waals surface area (Å²) in [7, 11) is 0. The van der Waals surface area contributed by atoms with Crippen molar-refractivity contribution in [3.8, 4) is 0 Å². The van der Waals surface area contributed by atoms with Crippen molar-refractivity contribution >= 4 is 47.4 Å². The molecule has 31 heavy (non-hydrogen) atoms. The van der Waals surface area contributed by atoms with Gasteiger partial charge in [0.15, 0.2) is 5.96 Å². The van der Waals surface area contributed by atoms with Gasteiger partial charge in [-0.1, -0.05) is 25.3 Å². The molecule has 0 aromatic heterocycles. The van der Waals surface area contributed by atoms with Crippen LogP contribution in [0.1, 0.15) is 45.4 Å². The number of hydrogen-bond acceptors (Lipinski definition) is 3. The van der Waals surface area contributed by atoms with Gasteiger partial charge in [-0.25, -0.2) is 9.38 Å².